The smallest absolute Gasteiger partial charge is 0.227 e. The van der Waals surface area contributed by atoms with E-state index in [1.165, 1.54) is 18.5 Å². The highest BCUT2D eigenvalue weighted by Crippen LogP contribution is 2.40. The molecule has 1 aliphatic carbocycles. The SMILES string of the molecule is Clc1ccc2nc(N3CCNCC3)nc(Nc3cc(C4CC4)[nH]n3)c2c1. The number of fused-ring (bicyclic) bond motifs is 1. The highest BCUT2D eigenvalue weighted by atomic mass is 35.5. The summed E-state index contributed by atoms with van der Waals surface area (Å²) in [6.45, 7) is 3.67. The van der Waals surface area contributed by atoms with Gasteiger partial charge < -0.3 is 15.5 Å². The zero-order chi connectivity index (χ0) is 17.5. The van der Waals surface area contributed by atoms with Gasteiger partial charge in [0.25, 0.3) is 0 Å². The minimum atomic E-state index is 0.631. The van der Waals surface area contributed by atoms with Gasteiger partial charge in [-0.15, -0.1) is 0 Å². The van der Waals surface area contributed by atoms with E-state index in [4.69, 9.17) is 21.6 Å². The van der Waals surface area contributed by atoms with Crippen LogP contribution in [0.15, 0.2) is 24.3 Å². The second kappa shape index (κ2) is 6.41. The van der Waals surface area contributed by atoms with Crippen LogP contribution in [-0.2, 0) is 0 Å². The molecule has 3 N–H and O–H groups in total. The lowest BCUT2D eigenvalue weighted by molar-refractivity contribution is 0.581. The Morgan fingerprint density at radius 1 is 1.12 bits per heavy atom. The molecule has 0 unspecified atom stereocenters. The first kappa shape index (κ1) is 15.8. The van der Waals surface area contributed by atoms with E-state index in [2.05, 4.69) is 31.8 Å². The van der Waals surface area contributed by atoms with Gasteiger partial charge in [0.05, 0.1) is 5.52 Å². The predicted molar refractivity (Wildman–Crippen MR) is 103 cm³/mol. The molecule has 26 heavy (non-hydrogen) atoms. The van der Waals surface area contributed by atoms with Crippen LogP contribution in [0.5, 0.6) is 0 Å². The highest BCUT2D eigenvalue weighted by Gasteiger charge is 2.25. The van der Waals surface area contributed by atoms with Crippen molar-refractivity contribution in [3.63, 3.8) is 0 Å². The number of hydrogen-bond donors (Lipinski definition) is 3. The lowest BCUT2D eigenvalue weighted by Crippen LogP contribution is -2.44. The van der Waals surface area contributed by atoms with Crippen molar-refractivity contribution in [3.05, 3.63) is 35.0 Å². The van der Waals surface area contributed by atoms with Crippen molar-refractivity contribution < 1.29 is 0 Å². The van der Waals surface area contributed by atoms with Gasteiger partial charge in [0.15, 0.2) is 5.82 Å². The number of aromatic amines is 1. The van der Waals surface area contributed by atoms with E-state index in [0.717, 1.165) is 54.7 Å². The van der Waals surface area contributed by atoms with Crippen LogP contribution in [0.3, 0.4) is 0 Å². The number of hydrogen-bond acceptors (Lipinski definition) is 6. The molecule has 1 saturated heterocycles. The molecule has 1 aliphatic heterocycles. The van der Waals surface area contributed by atoms with E-state index in [1.807, 2.05) is 18.2 Å². The van der Waals surface area contributed by atoms with Crippen molar-refractivity contribution in [1.29, 1.82) is 0 Å². The number of H-pyrrole nitrogens is 1. The molecule has 2 aliphatic rings. The number of benzene rings is 1. The van der Waals surface area contributed by atoms with Gasteiger partial charge in [0.2, 0.25) is 5.95 Å². The molecule has 0 spiro atoms. The molecule has 5 rings (SSSR count). The molecule has 0 bridgehead atoms. The molecule has 1 aromatic carbocycles. The first-order chi connectivity index (χ1) is 12.8. The minimum Gasteiger partial charge on any atom is -0.338 e. The van der Waals surface area contributed by atoms with Gasteiger partial charge in [0, 0.05) is 54.3 Å². The zero-order valence-electron chi connectivity index (χ0n) is 14.3. The largest absolute Gasteiger partial charge is 0.338 e. The van der Waals surface area contributed by atoms with Crippen LogP contribution in [0, 0.1) is 0 Å². The second-order valence-electron chi connectivity index (χ2n) is 6.88. The average molecular weight is 370 g/mol. The molecule has 7 nitrogen and oxygen atoms in total. The van der Waals surface area contributed by atoms with Crippen molar-refractivity contribution >= 4 is 40.1 Å². The van der Waals surface area contributed by atoms with Crippen LogP contribution < -0.4 is 15.5 Å². The molecule has 134 valence electrons. The summed E-state index contributed by atoms with van der Waals surface area (Å²) >= 11 is 6.21. The summed E-state index contributed by atoms with van der Waals surface area (Å²) in [5.74, 6) is 2.88. The van der Waals surface area contributed by atoms with Crippen molar-refractivity contribution in [3.8, 4) is 0 Å². The van der Waals surface area contributed by atoms with E-state index in [0.29, 0.717) is 10.9 Å². The van der Waals surface area contributed by atoms with Crippen molar-refractivity contribution in [2.45, 2.75) is 18.8 Å². The van der Waals surface area contributed by atoms with E-state index in [-0.39, 0.29) is 0 Å². The molecule has 0 radical (unpaired) electrons. The quantitative estimate of drug-likeness (QED) is 0.655. The predicted octanol–water partition coefficient (Wildman–Crippen LogP) is 3.04. The zero-order valence-corrected chi connectivity index (χ0v) is 15.1. The van der Waals surface area contributed by atoms with Gasteiger partial charge in [0.1, 0.15) is 5.82 Å². The van der Waals surface area contributed by atoms with Gasteiger partial charge >= 0.3 is 0 Å². The van der Waals surface area contributed by atoms with Gasteiger partial charge in [-0.25, -0.2) is 4.98 Å². The number of aromatic nitrogens is 4. The molecule has 8 heteroatoms. The molecule has 3 aromatic rings. The van der Waals surface area contributed by atoms with Crippen LogP contribution in [0.25, 0.3) is 10.9 Å². The minimum absolute atomic E-state index is 0.631. The Labute approximate surface area is 156 Å². The molecule has 2 aromatic heterocycles. The lowest BCUT2D eigenvalue weighted by atomic mass is 10.2. The van der Waals surface area contributed by atoms with Crippen molar-refractivity contribution in [2.75, 3.05) is 36.4 Å². The van der Waals surface area contributed by atoms with Crippen LogP contribution >= 0.6 is 11.6 Å². The summed E-state index contributed by atoms with van der Waals surface area (Å²) in [7, 11) is 0. The topological polar surface area (TPSA) is 81.8 Å². The van der Waals surface area contributed by atoms with Crippen LogP contribution in [0.4, 0.5) is 17.6 Å². The maximum absolute atomic E-state index is 6.21. The Bertz CT molecular complexity index is 944. The number of piperazine rings is 1. The number of halogens is 1. The van der Waals surface area contributed by atoms with E-state index in [9.17, 15) is 0 Å². The monoisotopic (exact) mass is 369 g/mol. The number of nitrogens with zero attached hydrogens (tertiary/aromatic N) is 4. The first-order valence-electron chi connectivity index (χ1n) is 9.01. The van der Waals surface area contributed by atoms with E-state index in [1.54, 1.807) is 0 Å². The Balaban J connectivity index is 1.54. The standard InChI is InChI=1S/C18H20ClN7/c19-12-3-4-14-13(9-12)17(22-16-10-15(24-25-16)11-1-2-11)23-18(21-14)26-7-5-20-6-8-26/h3-4,9-11,20H,1-2,5-8H2,(H2,21,22,23,24,25). The Morgan fingerprint density at radius 3 is 2.77 bits per heavy atom. The Morgan fingerprint density at radius 2 is 1.96 bits per heavy atom. The van der Waals surface area contributed by atoms with Crippen molar-refractivity contribution in [1.82, 2.24) is 25.5 Å². The number of nitrogens with one attached hydrogen (secondary N) is 3. The summed E-state index contributed by atoms with van der Waals surface area (Å²) in [5, 5.41) is 15.8. The van der Waals surface area contributed by atoms with Gasteiger partial charge in [-0.2, -0.15) is 10.1 Å². The third kappa shape index (κ3) is 3.08. The van der Waals surface area contributed by atoms with Crippen molar-refractivity contribution in [2.24, 2.45) is 0 Å². The Hall–Kier alpha value is -2.38. The van der Waals surface area contributed by atoms with Gasteiger partial charge in [-0.05, 0) is 31.0 Å². The summed E-state index contributed by atoms with van der Waals surface area (Å²) in [6.07, 6.45) is 2.47. The highest BCUT2D eigenvalue weighted by molar-refractivity contribution is 6.31. The number of anilines is 3. The first-order valence-corrected chi connectivity index (χ1v) is 9.39. The molecule has 1 saturated carbocycles. The molecule has 2 fully saturated rings. The summed E-state index contributed by atoms with van der Waals surface area (Å²) in [5.41, 5.74) is 2.06. The third-order valence-electron chi connectivity index (χ3n) is 4.91. The third-order valence-corrected chi connectivity index (χ3v) is 5.14. The van der Waals surface area contributed by atoms with Crippen LogP contribution in [-0.4, -0.2) is 46.3 Å². The summed E-state index contributed by atoms with van der Waals surface area (Å²) < 4.78 is 0. The maximum Gasteiger partial charge on any atom is 0.227 e. The van der Waals surface area contributed by atoms with E-state index >= 15 is 0 Å². The fourth-order valence-electron chi connectivity index (χ4n) is 3.32. The molecule has 3 heterocycles. The fraction of sp³-hybridized carbons (Fsp3) is 0.389. The van der Waals surface area contributed by atoms with E-state index < -0.39 is 0 Å². The van der Waals surface area contributed by atoms with Crippen LogP contribution in [0.2, 0.25) is 5.02 Å². The molecule has 0 atom stereocenters. The van der Waals surface area contributed by atoms with Gasteiger partial charge in [-0.3, -0.25) is 5.10 Å². The summed E-state index contributed by atoms with van der Waals surface area (Å²) in [6, 6.07) is 7.77. The molecule has 0 amide bonds. The molecular weight excluding hydrogens is 350 g/mol. The second-order valence-corrected chi connectivity index (χ2v) is 7.31. The van der Waals surface area contributed by atoms with Crippen LogP contribution in [0.1, 0.15) is 24.5 Å². The summed E-state index contributed by atoms with van der Waals surface area (Å²) in [4.78, 5) is 11.7. The lowest BCUT2D eigenvalue weighted by Gasteiger charge is -2.27. The fourth-order valence-corrected chi connectivity index (χ4v) is 3.49. The Kier molecular flexibility index (Phi) is 3.90. The molecular formula is C18H20ClN7. The number of rotatable bonds is 4. The average Bonchev–Trinajstić information content (AvgIpc) is 3.42. The normalized spacial score (nSPS) is 17.7. The van der Waals surface area contributed by atoms with Gasteiger partial charge in [-0.1, -0.05) is 11.6 Å². The maximum atomic E-state index is 6.21.